The highest BCUT2D eigenvalue weighted by molar-refractivity contribution is 7.92. The molecule has 0 amide bonds. The molecule has 2 heterocycles. The molecule has 1 saturated heterocycles. The van der Waals surface area contributed by atoms with Crippen LogP contribution in [0.3, 0.4) is 0 Å². The van der Waals surface area contributed by atoms with Crippen LogP contribution in [0.1, 0.15) is 26.3 Å². The minimum absolute atomic E-state index is 0.176. The van der Waals surface area contributed by atoms with Crippen molar-refractivity contribution in [2.24, 2.45) is 12.0 Å². The second-order valence-corrected chi connectivity index (χ2v) is 9.10. The van der Waals surface area contributed by atoms with Gasteiger partial charge in [-0.25, -0.2) is 13.4 Å². The summed E-state index contributed by atoms with van der Waals surface area (Å²) in [5.41, 5.74) is 1.14. The molecule has 1 aliphatic rings. The van der Waals surface area contributed by atoms with Gasteiger partial charge in [-0.1, -0.05) is 0 Å². The average Bonchev–Trinajstić information content (AvgIpc) is 2.84. The van der Waals surface area contributed by atoms with Crippen molar-refractivity contribution >= 4 is 15.8 Å². The van der Waals surface area contributed by atoms with Crippen molar-refractivity contribution in [3.63, 3.8) is 0 Å². The van der Waals surface area contributed by atoms with E-state index in [1.54, 1.807) is 13.8 Å². The van der Waals surface area contributed by atoms with Gasteiger partial charge < -0.3 is 14.8 Å². The fourth-order valence-electron chi connectivity index (χ4n) is 2.57. The van der Waals surface area contributed by atoms with Gasteiger partial charge >= 0.3 is 0 Å². The van der Waals surface area contributed by atoms with Crippen LogP contribution >= 0.6 is 0 Å². The van der Waals surface area contributed by atoms with Crippen molar-refractivity contribution in [1.82, 2.24) is 14.8 Å². The Morgan fingerprint density at radius 2 is 2.18 bits per heavy atom. The number of aromatic nitrogens is 1. The van der Waals surface area contributed by atoms with E-state index in [0.717, 1.165) is 18.1 Å². The van der Waals surface area contributed by atoms with Crippen LogP contribution in [0, 0.1) is 0 Å². The zero-order valence-corrected chi connectivity index (χ0v) is 14.7. The number of aliphatic imine (C=N–C) groups is 1. The van der Waals surface area contributed by atoms with Gasteiger partial charge in [0.05, 0.1) is 17.0 Å². The Morgan fingerprint density at radius 3 is 2.73 bits per heavy atom. The highest BCUT2D eigenvalue weighted by atomic mass is 32.2. The molecule has 0 unspecified atom stereocenters. The van der Waals surface area contributed by atoms with Crippen molar-refractivity contribution < 1.29 is 8.42 Å². The molecule has 0 spiro atoms. The van der Waals surface area contributed by atoms with Gasteiger partial charge in [-0.15, -0.1) is 0 Å². The van der Waals surface area contributed by atoms with Gasteiger partial charge in [0.1, 0.15) is 0 Å². The second kappa shape index (κ2) is 6.32. The van der Waals surface area contributed by atoms with Gasteiger partial charge in [0.25, 0.3) is 0 Å². The fraction of sp³-hybridized carbons (Fsp3) is 0.667. The summed E-state index contributed by atoms with van der Waals surface area (Å²) in [4.78, 5) is 6.71. The van der Waals surface area contributed by atoms with Crippen LogP contribution in [0.25, 0.3) is 0 Å². The van der Waals surface area contributed by atoms with E-state index in [-0.39, 0.29) is 5.75 Å². The van der Waals surface area contributed by atoms with Crippen molar-refractivity contribution in [2.45, 2.75) is 32.1 Å². The lowest BCUT2D eigenvalue weighted by Gasteiger charge is -2.39. The number of sulfone groups is 1. The van der Waals surface area contributed by atoms with Crippen molar-refractivity contribution in [1.29, 1.82) is 0 Å². The van der Waals surface area contributed by atoms with Crippen LogP contribution in [-0.4, -0.2) is 54.0 Å². The molecular weight excluding hydrogens is 300 g/mol. The first-order chi connectivity index (χ1) is 10.2. The summed E-state index contributed by atoms with van der Waals surface area (Å²) in [5.74, 6) is 0.963. The number of nitrogens with zero attached hydrogens (tertiary/aromatic N) is 3. The number of nitrogens with one attached hydrogen (secondary N) is 1. The number of hydrogen-bond donors (Lipinski definition) is 1. The van der Waals surface area contributed by atoms with Gasteiger partial charge in [-0.05, 0) is 32.4 Å². The number of guanidine groups is 1. The predicted molar refractivity (Wildman–Crippen MR) is 89.7 cm³/mol. The van der Waals surface area contributed by atoms with Gasteiger partial charge in [0, 0.05) is 39.1 Å². The van der Waals surface area contributed by atoms with Gasteiger partial charge in [-0.3, -0.25) is 0 Å². The van der Waals surface area contributed by atoms with Gasteiger partial charge in [0.2, 0.25) is 0 Å². The smallest absolute Gasteiger partial charge is 0.194 e. The fourth-order valence-corrected chi connectivity index (χ4v) is 3.94. The Morgan fingerprint density at radius 1 is 1.45 bits per heavy atom. The zero-order chi connectivity index (χ0) is 16.4. The van der Waals surface area contributed by atoms with Crippen LogP contribution in [0.5, 0.6) is 0 Å². The summed E-state index contributed by atoms with van der Waals surface area (Å²) >= 11 is 0. The van der Waals surface area contributed by atoms with Crippen LogP contribution in [0.15, 0.2) is 23.5 Å². The molecule has 124 valence electrons. The van der Waals surface area contributed by atoms with Crippen molar-refractivity contribution in [2.75, 3.05) is 25.4 Å². The molecule has 1 aliphatic heterocycles. The van der Waals surface area contributed by atoms with E-state index >= 15 is 0 Å². The Labute approximate surface area is 133 Å². The minimum atomic E-state index is -3.03. The molecule has 0 aliphatic carbocycles. The maximum atomic E-state index is 12.1. The lowest BCUT2D eigenvalue weighted by atomic mass is 10.2. The Balaban J connectivity index is 2.14. The lowest BCUT2D eigenvalue weighted by molar-refractivity contribution is 0.353. The Kier molecular flexibility index (Phi) is 4.84. The molecule has 2 rings (SSSR count). The minimum Gasteiger partial charge on any atom is -0.357 e. The molecule has 1 aromatic heterocycles. The number of aryl methyl sites for hydroxylation is 1. The van der Waals surface area contributed by atoms with E-state index in [1.807, 2.05) is 41.9 Å². The first-order valence-electron chi connectivity index (χ1n) is 7.61. The average molecular weight is 326 g/mol. The number of rotatable bonds is 3. The Bertz CT molecular complexity index is 646. The topological polar surface area (TPSA) is 66.7 Å². The summed E-state index contributed by atoms with van der Waals surface area (Å²) in [6, 6.07) is 2.04. The van der Waals surface area contributed by atoms with Gasteiger partial charge in [0.15, 0.2) is 15.8 Å². The molecule has 0 atom stereocenters. The zero-order valence-electron chi connectivity index (χ0n) is 13.8. The maximum absolute atomic E-state index is 12.1. The molecule has 1 N–H and O–H groups in total. The normalized spacial score (nSPS) is 20.9. The predicted octanol–water partition coefficient (Wildman–Crippen LogP) is 1.000. The molecule has 6 nitrogen and oxygen atoms in total. The highest BCUT2D eigenvalue weighted by Gasteiger charge is 2.40. The van der Waals surface area contributed by atoms with Crippen molar-refractivity contribution in [3.05, 3.63) is 24.0 Å². The van der Waals surface area contributed by atoms with Crippen LogP contribution in [0.4, 0.5) is 0 Å². The third-order valence-electron chi connectivity index (χ3n) is 3.98. The lowest BCUT2D eigenvalue weighted by Crippen LogP contribution is -2.57. The summed E-state index contributed by atoms with van der Waals surface area (Å²) in [6.07, 6.45) is 4.03. The van der Waals surface area contributed by atoms with Crippen LogP contribution < -0.4 is 5.32 Å². The van der Waals surface area contributed by atoms with Crippen LogP contribution in [0.2, 0.25) is 0 Å². The third kappa shape index (κ3) is 3.63. The van der Waals surface area contributed by atoms with E-state index in [9.17, 15) is 8.42 Å². The quantitative estimate of drug-likeness (QED) is 0.665. The summed E-state index contributed by atoms with van der Waals surface area (Å²) < 4.78 is 25.5. The molecule has 0 bridgehead atoms. The number of hydrogen-bond acceptors (Lipinski definition) is 3. The molecule has 22 heavy (non-hydrogen) atoms. The summed E-state index contributed by atoms with van der Waals surface area (Å²) in [5, 5.41) is 3.27. The molecule has 0 aromatic carbocycles. The monoisotopic (exact) mass is 326 g/mol. The second-order valence-electron chi connectivity index (χ2n) is 6.36. The highest BCUT2D eigenvalue weighted by Crippen LogP contribution is 2.23. The van der Waals surface area contributed by atoms with E-state index in [1.165, 1.54) is 0 Å². The summed E-state index contributed by atoms with van der Waals surface area (Å²) in [6.45, 7) is 7.90. The first-order valence-corrected chi connectivity index (χ1v) is 9.27. The molecule has 0 saturated carbocycles. The Hall–Kier alpha value is -1.50. The van der Waals surface area contributed by atoms with E-state index in [2.05, 4.69) is 10.3 Å². The molecule has 1 fully saturated rings. The van der Waals surface area contributed by atoms with E-state index in [0.29, 0.717) is 19.6 Å². The molecular formula is C15H26N4O2S. The molecule has 0 radical (unpaired) electrons. The SMILES string of the molecule is CCNC(=NCc1ccn(C)c1)N1CCS(=O)(=O)C(C)(C)C1. The van der Waals surface area contributed by atoms with Gasteiger partial charge in [-0.2, -0.15) is 0 Å². The van der Waals surface area contributed by atoms with Crippen molar-refractivity contribution in [3.8, 4) is 0 Å². The summed E-state index contributed by atoms with van der Waals surface area (Å²) in [7, 11) is -1.05. The maximum Gasteiger partial charge on any atom is 0.194 e. The first kappa shape index (κ1) is 16.9. The molecule has 7 heteroatoms. The molecule has 1 aromatic rings. The standard InChI is InChI=1S/C15H26N4O2S/c1-5-16-14(17-10-13-6-7-18(4)11-13)19-8-9-22(20,21)15(2,3)12-19/h6-7,11H,5,8-10,12H2,1-4H3,(H,16,17). The van der Waals surface area contributed by atoms with Crippen LogP contribution in [-0.2, 0) is 23.4 Å². The largest absolute Gasteiger partial charge is 0.357 e. The van der Waals surface area contributed by atoms with E-state index < -0.39 is 14.6 Å². The third-order valence-corrected chi connectivity index (χ3v) is 6.52. The van der Waals surface area contributed by atoms with E-state index in [4.69, 9.17) is 0 Å².